The van der Waals surface area contributed by atoms with Crippen molar-refractivity contribution in [3.8, 4) is 16.3 Å². The van der Waals surface area contributed by atoms with Gasteiger partial charge in [-0.15, -0.1) is 0 Å². The first-order valence-corrected chi connectivity index (χ1v) is 11.0. The predicted molar refractivity (Wildman–Crippen MR) is 116 cm³/mol. The van der Waals surface area contributed by atoms with E-state index >= 15 is 0 Å². The lowest BCUT2D eigenvalue weighted by molar-refractivity contribution is -0.101. The molecule has 3 aliphatic rings. The number of halogens is 3. The topological polar surface area (TPSA) is 74.2 Å². The lowest BCUT2D eigenvalue weighted by Crippen LogP contribution is -2.57. The maximum absolute atomic E-state index is 14.3. The van der Waals surface area contributed by atoms with Crippen LogP contribution in [0, 0.1) is 23.0 Å². The van der Waals surface area contributed by atoms with Crippen LogP contribution in [-0.2, 0) is 0 Å². The third kappa shape index (κ3) is 3.64. The van der Waals surface area contributed by atoms with Crippen LogP contribution in [-0.4, -0.2) is 22.5 Å². The first-order chi connectivity index (χ1) is 14.8. The minimum absolute atomic E-state index is 0.0967. The Labute approximate surface area is 186 Å². The Balaban J connectivity index is 1.47. The van der Waals surface area contributed by atoms with E-state index in [1.807, 2.05) is 0 Å². The molecule has 2 aromatic carbocycles. The summed E-state index contributed by atoms with van der Waals surface area (Å²) >= 11 is 6.94. The first-order valence-electron chi connectivity index (χ1n) is 9.82. The summed E-state index contributed by atoms with van der Waals surface area (Å²) in [6.45, 7) is 0.577. The number of rotatable bonds is 6. The molecular weight excluding hydrogens is 444 g/mol. The van der Waals surface area contributed by atoms with Crippen molar-refractivity contribution >= 4 is 39.5 Å². The third-order valence-electron chi connectivity index (χ3n) is 6.01. The standard InChI is InChI=1S/C22H18ClF2N3O2S/c23-14-5-12(6-16(25)18(14)29)27-21-17(19(30)26-10-22-7-11(8-22)9-22)28-20(31-21)13-3-1-2-4-15(13)24/h1-6,11,27,29H,7-10H2,(H,26,30). The van der Waals surface area contributed by atoms with Gasteiger partial charge >= 0.3 is 0 Å². The van der Waals surface area contributed by atoms with E-state index < -0.39 is 17.4 Å². The van der Waals surface area contributed by atoms with Gasteiger partial charge in [0.05, 0.1) is 5.02 Å². The van der Waals surface area contributed by atoms with Gasteiger partial charge in [-0.05, 0) is 48.8 Å². The Morgan fingerprint density at radius 2 is 1.97 bits per heavy atom. The zero-order valence-electron chi connectivity index (χ0n) is 16.2. The Bertz CT molecular complexity index is 1160. The molecule has 0 spiro atoms. The summed E-state index contributed by atoms with van der Waals surface area (Å²) in [5.41, 5.74) is 0.812. The second-order valence-corrected chi connectivity index (χ2v) is 9.66. The van der Waals surface area contributed by atoms with Crippen LogP contribution in [0.1, 0.15) is 29.8 Å². The van der Waals surface area contributed by atoms with Gasteiger partial charge in [0.25, 0.3) is 5.91 Å². The van der Waals surface area contributed by atoms with Crippen LogP contribution in [0.25, 0.3) is 10.6 Å². The largest absolute Gasteiger partial charge is 0.504 e. The monoisotopic (exact) mass is 461 g/mol. The smallest absolute Gasteiger partial charge is 0.273 e. The van der Waals surface area contributed by atoms with E-state index in [0.717, 1.165) is 42.6 Å². The van der Waals surface area contributed by atoms with Gasteiger partial charge in [0.2, 0.25) is 0 Å². The Hall–Kier alpha value is -2.71. The number of anilines is 2. The number of carbonyl (C=O) groups excluding carboxylic acids is 1. The van der Waals surface area contributed by atoms with Gasteiger partial charge in [-0.1, -0.05) is 35.1 Å². The molecule has 5 nitrogen and oxygen atoms in total. The van der Waals surface area contributed by atoms with Crippen LogP contribution in [0.4, 0.5) is 19.5 Å². The van der Waals surface area contributed by atoms with Gasteiger partial charge in [0.15, 0.2) is 17.3 Å². The molecule has 9 heteroatoms. The number of carbonyl (C=O) groups is 1. The van der Waals surface area contributed by atoms with Gasteiger partial charge in [-0.25, -0.2) is 13.8 Å². The maximum atomic E-state index is 14.3. The number of aromatic nitrogens is 1. The molecule has 2 bridgehead atoms. The summed E-state index contributed by atoms with van der Waals surface area (Å²) in [5.74, 6) is -1.59. The maximum Gasteiger partial charge on any atom is 0.273 e. The van der Waals surface area contributed by atoms with Crippen LogP contribution >= 0.6 is 22.9 Å². The number of thiazole rings is 1. The van der Waals surface area contributed by atoms with E-state index in [1.165, 1.54) is 12.1 Å². The molecule has 1 amide bonds. The molecule has 0 atom stereocenters. The van der Waals surface area contributed by atoms with E-state index in [1.54, 1.807) is 18.2 Å². The predicted octanol–water partition coefficient (Wildman–Crippen LogP) is 5.72. The quantitative estimate of drug-likeness (QED) is 0.410. The molecule has 3 aliphatic carbocycles. The van der Waals surface area contributed by atoms with Crippen molar-refractivity contribution in [1.29, 1.82) is 0 Å². The minimum Gasteiger partial charge on any atom is -0.504 e. The van der Waals surface area contributed by atoms with Gasteiger partial charge in [0.1, 0.15) is 15.8 Å². The molecule has 1 heterocycles. The summed E-state index contributed by atoms with van der Waals surface area (Å²) in [7, 11) is 0. The number of amides is 1. The molecule has 3 fully saturated rings. The fourth-order valence-corrected chi connectivity index (χ4v) is 5.52. The van der Waals surface area contributed by atoms with Crippen LogP contribution in [0.15, 0.2) is 36.4 Å². The number of hydrogen-bond acceptors (Lipinski definition) is 5. The van der Waals surface area contributed by atoms with Gasteiger partial charge in [-0.3, -0.25) is 4.79 Å². The molecule has 0 saturated heterocycles. The molecule has 0 radical (unpaired) electrons. The molecule has 3 aromatic rings. The van der Waals surface area contributed by atoms with E-state index in [0.29, 0.717) is 16.6 Å². The number of aromatic hydroxyl groups is 1. The van der Waals surface area contributed by atoms with Gasteiger partial charge < -0.3 is 15.7 Å². The van der Waals surface area contributed by atoms with Crippen LogP contribution < -0.4 is 10.6 Å². The molecule has 1 aromatic heterocycles. The highest BCUT2D eigenvalue weighted by Gasteiger charge is 2.56. The summed E-state index contributed by atoms with van der Waals surface area (Å²) in [6.07, 6.45) is 3.42. The van der Waals surface area contributed by atoms with Gasteiger partial charge in [-0.2, -0.15) is 0 Å². The number of benzene rings is 2. The fourth-order valence-electron chi connectivity index (χ4n) is 4.30. The highest BCUT2D eigenvalue weighted by Crippen LogP contribution is 2.63. The Morgan fingerprint density at radius 3 is 2.61 bits per heavy atom. The van der Waals surface area contributed by atoms with Crippen molar-refractivity contribution in [2.24, 2.45) is 11.3 Å². The molecule has 31 heavy (non-hydrogen) atoms. The first kappa shape index (κ1) is 20.2. The lowest BCUT2D eigenvalue weighted by Gasteiger charge is -2.62. The second-order valence-electron chi connectivity index (χ2n) is 8.25. The average Bonchev–Trinajstić information content (AvgIpc) is 3.07. The Morgan fingerprint density at radius 1 is 1.23 bits per heavy atom. The summed E-state index contributed by atoms with van der Waals surface area (Å²) < 4.78 is 28.2. The van der Waals surface area contributed by atoms with E-state index in [4.69, 9.17) is 11.6 Å². The van der Waals surface area contributed by atoms with Crippen molar-refractivity contribution in [3.63, 3.8) is 0 Å². The van der Waals surface area contributed by atoms with E-state index in [2.05, 4.69) is 15.6 Å². The number of phenols is 1. The summed E-state index contributed by atoms with van der Waals surface area (Å²) in [4.78, 5) is 17.3. The SMILES string of the molecule is O=C(NCC12CC(C1)C2)c1nc(-c2ccccc2F)sc1Nc1cc(F)c(O)c(Cl)c1. The molecule has 0 aliphatic heterocycles. The number of phenolic OH excluding ortho intramolecular Hbond substituents is 1. The summed E-state index contributed by atoms with van der Waals surface area (Å²) in [5, 5.41) is 15.9. The van der Waals surface area contributed by atoms with Crippen molar-refractivity contribution in [2.75, 3.05) is 11.9 Å². The molecule has 3 N–H and O–H groups in total. The highest BCUT2D eigenvalue weighted by atomic mass is 35.5. The number of hydrogen-bond donors (Lipinski definition) is 3. The molecule has 3 saturated carbocycles. The van der Waals surface area contributed by atoms with Crippen molar-refractivity contribution in [2.45, 2.75) is 19.3 Å². The van der Waals surface area contributed by atoms with Crippen molar-refractivity contribution in [1.82, 2.24) is 10.3 Å². The van der Waals surface area contributed by atoms with Gasteiger partial charge in [0, 0.05) is 23.9 Å². The summed E-state index contributed by atoms with van der Waals surface area (Å²) in [6, 6.07) is 8.56. The minimum atomic E-state index is -0.900. The molecule has 160 valence electrons. The van der Waals surface area contributed by atoms with E-state index in [9.17, 15) is 18.7 Å². The highest BCUT2D eigenvalue weighted by molar-refractivity contribution is 7.19. The van der Waals surface area contributed by atoms with E-state index in [-0.39, 0.29) is 33.3 Å². The Kier molecular flexibility index (Phi) is 4.86. The zero-order chi connectivity index (χ0) is 21.8. The van der Waals surface area contributed by atoms with Crippen LogP contribution in [0.5, 0.6) is 5.75 Å². The average molecular weight is 462 g/mol. The van der Waals surface area contributed by atoms with Crippen LogP contribution in [0.3, 0.4) is 0 Å². The normalized spacial score (nSPS) is 21.2. The fraction of sp³-hybridized carbons (Fsp3) is 0.273. The van der Waals surface area contributed by atoms with Crippen molar-refractivity contribution in [3.05, 3.63) is 58.7 Å². The molecule has 0 unspecified atom stereocenters. The molecular formula is C22H18ClF2N3O2S. The lowest BCUT2D eigenvalue weighted by atomic mass is 9.44. The molecule has 6 rings (SSSR count). The second kappa shape index (κ2) is 7.46. The zero-order valence-corrected chi connectivity index (χ0v) is 17.8. The number of nitrogens with zero attached hydrogens (tertiary/aromatic N) is 1. The van der Waals surface area contributed by atoms with Crippen molar-refractivity contribution < 1.29 is 18.7 Å². The van der Waals surface area contributed by atoms with Crippen LogP contribution in [0.2, 0.25) is 5.02 Å². The third-order valence-corrected chi connectivity index (χ3v) is 7.30. The number of nitrogens with one attached hydrogen (secondary N) is 2.